The molecule has 0 saturated heterocycles. The number of fused-ring (bicyclic) bond motifs is 1. The molecule has 4 aromatic rings. The minimum Gasteiger partial charge on any atom is -0.345 e. The van der Waals surface area contributed by atoms with Gasteiger partial charge in [0.2, 0.25) is 0 Å². The van der Waals surface area contributed by atoms with Crippen LogP contribution in [0.1, 0.15) is 20.4 Å². The first-order chi connectivity index (χ1) is 11.7. The van der Waals surface area contributed by atoms with Gasteiger partial charge < -0.3 is 5.32 Å². The molecule has 4 nitrogen and oxygen atoms in total. The van der Waals surface area contributed by atoms with Crippen molar-refractivity contribution in [3.63, 3.8) is 0 Å². The average Bonchev–Trinajstić information content (AvgIpc) is 3.31. The number of thiophene rings is 1. The Morgan fingerprint density at radius 3 is 2.79 bits per heavy atom. The number of amides is 1. The van der Waals surface area contributed by atoms with Crippen molar-refractivity contribution < 1.29 is 4.79 Å². The minimum atomic E-state index is -0.0907. The first-order valence-corrected chi connectivity index (χ1v) is 9.86. The van der Waals surface area contributed by atoms with Crippen LogP contribution in [0.15, 0.2) is 41.8 Å². The van der Waals surface area contributed by atoms with Gasteiger partial charge in [0.25, 0.3) is 5.91 Å². The van der Waals surface area contributed by atoms with E-state index in [1.165, 1.54) is 11.3 Å². The van der Waals surface area contributed by atoms with Crippen molar-refractivity contribution in [2.45, 2.75) is 13.5 Å². The number of nitrogens with zero attached hydrogens (tertiary/aromatic N) is 2. The molecule has 24 heavy (non-hydrogen) atoms. The number of rotatable bonds is 4. The summed E-state index contributed by atoms with van der Waals surface area (Å²) in [6.45, 7) is 2.31. The second-order valence-corrected chi connectivity index (χ2v) is 8.23. The van der Waals surface area contributed by atoms with Gasteiger partial charge in [0.05, 0.1) is 27.3 Å². The lowest BCUT2D eigenvalue weighted by atomic mass is 10.3. The Morgan fingerprint density at radius 2 is 2.00 bits per heavy atom. The van der Waals surface area contributed by atoms with E-state index in [9.17, 15) is 4.79 Å². The van der Waals surface area contributed by atoms with Crippen LogP contribution < -0.4 is 5.32 Å². The summed E-state index contributed by atoms with van der Waals surface area (Å²) in [6, 6.07) is 12.0. The lowest BCUT2D eigenvalue weighted by molar-refractivity contribution is 0.0954. The monoisotopic (exact) mass is 371 g/mol. The summed E-state index contributed by atoms with van der Waals surface area (Å²) >= 11 is 4.67. The number of hydrogen-bond acceptors (Lipinski definition) is 6. The number of carbonyl (C=O) groups excluding carboxylic acids is 1. The van der Waals surface area contributed by atoms with E-state index < -0.39 is 0 Å². The highest BCUT2D eigenvalue weighted by Crippen LogP contribution is 2.31. The van der Waals surface area contributed by atoms with Crippen LogP contribution in [0, 0.1) is 6.92 Å². The maximum Gasteiger partial charge on any atom is 0.263 e. The molecule has 0 unspecified atom stereocenters. The van der Waals surface area contributed by atoms with Gasteiger partial charge in [-0.15, -0.1) is 34.0 Å². The fourth-order valence-corrected chi connectivity index (χ4v) is 5.03. The summed E-state index contributed by atoms with van der Waals surface area (Å²) in [5.74, 6) is -0.0907. The van der Waals surface area contributed by atoms with Crippen LogP contribution in [0.3, 0.4) is 0 Å². The maximum absolute atomic E-state index is 12.5. The molecule has 1 amide bonds. The largest absolute Gasteiger partial charge is 0.345 e. The Balaban J connectivity index is 1.50. The first-order valence-electron chi connectivity index (χ1n) is 7.34. The fraction of sp³-hybridized carbons (Fsp3) is 0.118. The van der Waals surface area contributed by atoms with E-state index in [4.69, 9.17) is 0 Å². The molecule has 0 saturated carbocycles. The zero-order valence-corrected chi connectivity index (χ0v) is 15.2. The molecule has 120 valence electrons. The number of nitrogens with one attached hydrogen (secondary N) is 1. The zero-order chi connectivity index (χ0) is 16.5. The smallest absolute Gasteiger partial charge is 0.263 e. The van der Waals surface area contributed by atoms with Crippen molar-refractivity contribution in [2.75, 3.05) is 0 Å². The Hall–Kier alpha value is -2.09. The molecule has 0 fully saturated rings. The van der Waals surface area contributed by atoms with Gasteiger partial charge in [0.1, 0.15) is 14.9 Å². The van der Waals surface area contributed by atoms with Crippen LogP contribution in [-0.4, -0.2) is 15.9 Å². The molecule has 4 rings (SSSR count). The van der Waals surface area contributed by atoms with Crippen LogP contribution >= 0.6 is 34.0 Å². The molecule has 0 atom stereocenters. The van der Waals surface area contributed by atoms with Gasteiger partial charge in [0.15, 0.2) is 0 Å². The van der Waals surface area contributed by atoms with Crippen LogP contribution in [-0.2, 0) is 6.54 Å². The van der Waals surface area contributed by atoms with Crippen molar-refractivity contribution in [3.8, 4) is 9.88 Å². The third-order valence-electron chi connectivity index (χ3n) is 3.47. The second kappa shape index (κ2) is 6.43. The first kappa shape index (κ1) is 15.4. The van der Waals surface area contributed by atoms with Gasteiger partial charge in [-0.25, -0.2) is 9.97 Å². The number of aromatic nitrogens is 2. The van der Waals surface area contributed by atoms with Gasteiger partial charge in [-0.1, -0.05) is 18.2 Å². The van der Waals surface area contributed by atoms with E-state index in [1.54, 1.807) is 22.7 Å². The van der Waals surface area contributed by atoms with Crippen molar-refractivity contribution in [3.05, 3.63) is 57.4 Å². The Labute approximate surface area is 150 Å². The Morgan fingerprint density at radius 1 is 1.12 bits per heavy atom. The van der Waals surface area contributed by atoms with Gasteiger partial charge in [-0.3, -0.25) is 4.79 Å². The number of carbonyl (C=O) groups is 1. The van der Waals surface area contributed by atoms with E-state index in [1.807, 2.05) is 48.7 Å². The molecule has 0 aliphatic heterocycles. The summed E-state index contributed by atoms with van der Waals surface area (Å²) in [7, 11) is 0. The number of para-hydroxylation sites is 1. The molecule has 0 bridgehead atoms. The van der Waals surface area contributed by atoms with Crippen molar-refractivity contribution in [1.82, 2.24) is 15.3 Å². The van der Waals surface area contributed by atoms with Gasteiger partial charge in [-0.2, -0.15) is 0 Å². The van der Waals surface area contributed by atoms with E-state index in [-0.39, 0.29) is 5.91 Å². The number of thiazole rings is 2. The molecular formula is C17H13N3OS3. The highest BCUT2D eigenvalue weighted by atomic mass is 32.1. The third kappa shape index (κ3) is 2.98. The maximum atomic E-state index is 12.5. The Bertz CT molecular complexity index is 968. The lowest BCUT2D eigenvalue weighted by Crippen LogP contribution is -2.22. The van der Waals surface area contributed by atoms with Crippen LogP contribution in [0.2, 0.25) is 0 Å². The molecule has 3 aromatic heterocycles. The molecule has 0 spiro atoms. The fourth-order valence-electron chi connectivity index (χ4n) is 2.34. The molecular weight excluding hydrogens is 358 g/mol. The molecule has 0 radical (unpaired) electrons. The second-order valence-electron chi connectivity index (χ2n) is 5.17. The SMILES string of the molecule is Cc1nc(-c2cccs2)sc1C(=O)NCc1nc2ccccc2s1. The topological polar surface area (TPSA) is 54.9 Å². The minimum absolute atomic E-state index is 0.0907. The predicted octanol–water partition coefficient (Wildman–Crippen LogP) is 4.72. The van der Waals surface area contributed by atoms with Gasteiger partial charge in [0, 0.05) is 0 Å². The average molecular weight is 372 g/mol. The normalized spacial score (nSPS) is 11.0. The van der Waals surface area contributed by atoms with Crippen molar-refractivity contribution in [2.24, 2.45) is 0 Å². The lowest BCUT2D eigenvalue weighted by Gasteiger charge is -2.00. The standard InChI is InChI=1S/C17H13N3OS3/c1-10-15(24-17(19-10)13-7-4-8-22-13)16(21)18-9-14-20-11-5-2-3-6-12(11)23-14/h2-8H,9H2,1H3,(H,18,21). The van der Waals surface area contributed by atoms with Crippen molar-refractivity contribution in [1.29, 1.82) is 0 Å². The van der Waals surface area contributed by atoms with E-state index >= 15 is 0 Å². The molecule has 1 aromatic carbocycles. The number of benzene rings is 1. The molecule has 0 aliphatic rings. The summed E-state index contributed by atoms with van der Waals surface area (Å²) in [5, 5.41) is 6.77. The predicted molar refractivity (Wildman–Crippen MR) is 101 cm³/mol. The summed E-state index contributed by atoms with van der Waals surface area (Å²) < 4.78 is 1.13. The summed E-state index contributed by atoms with van der Waals surface area (Å²) in [5.41, 5.74) is 1.74. The van der Waals surface area contributed by atoms with Gasteiger partial charge >= 0.3 is 0 Å². The van der Waals surface area contributed by atoms with Crippen LogP contribution in [0.5, 0.6) is 0 Å². The molecule has 3 heterocycles. The van der Waals surface area contributed by atoms with Crippen LogP contribution in [0.25, 0.3) is 20.1 Å². The van der Waals surface area contributed by atoms with E-state index in [0.717, 1.165) is 30.8 Å². The summed E-state index contributed by atoms with van der Waals surface area (Å²) in [6.07, 6.45) is 0. The van der Waals surface area contributed by atoms with E-state index in [0.29, 0.717) is 11.4 Å². The van der Waals surface area contributed by atoms with Crippen LogP contribution in [0.4, 0.5) is 0 Å². The molecule has 0 aliphatic carbocycles. The van der Waals surface area contributed by atoms with Gasteiger partial charge in [-0.05, 0) is 30.5 Å². The Kier molecular flexibility index (Phi) is 4.13. The highest BCUT2D eigenvalue weighted by Gasteiger charge is 2.17. The van der Waals surface area contributed by atoms with Crippen molar-refractivity contribution >= 4 is 50.1 Å². The number of aryl methyl sites for hydroxylation is 1. The molecule has 7 heteroatoms. The highest BCUT2D eigenvalue weighted by molar-refractivity contribution is 7.22. The quantitative estimate of drug-likeness (QED) is 0.565. The molecule has 1 N–H and O–H groups in total. The third-order valence-corrected chi connectivity index (χ3v) is 6.70. The summed E-state index contributed by atoms with van der Waals surface area (Å²) in [4.78, 5) is 23.3. The van der Waals surface area contributed by atoms with E-state index in [2.05, 4.69) is 15.3 Å². The zero-order valence-electron chi connectivity index (χ0n) is 12.8. The number of hydrogen-bond donors (Lipinski definition) is 1.